The molecular formula is C16H12N2O2. The summed E-state index contributed by atoms with van der Waals surface area (Å²) in [6.45, 7) is 0. The molecule has 2 N–H and O–H groups in total. The highest BCUT2D eigenvalue weighted by Gasteiger charge is 2.02. The van der Waals surface area contributed by atoms with Crippen LogP contribution in [-0.4, -0.2) is 16.1 Å². The number of aromatic nitrogens is 1. The maximum atomic E-state index is 10.6. The van der Waals surface area contributed by atoms with Gasteiger partial charge in [0.05, 0.1) is 0 Å². The zero-order valence-corrected chi connectivity index (χ0v) is 10.6. The molecule has 0 fully saturated rings. The summed E-state index contributed by atoms with van der Waals surface area (Å²) in [5.74, 6) is -1.23. The molecule has 0 aliphatic heterocycles. The van der Waals surface area contributed by atoms with Gasteiger partial charge in [-0.25, -0.2) is 4.79 Å². The van der Waals surface area contributed by atoms with Crippen LogP contribution in [-0.2, 0) is 4.79 Å². The molecule has 0 saturated carbocycles. The average Bonchev–Trinajstić information content (AvgIpc) is 2.85. The predicted octanol–water partition coefficient (Wildman–Crippen LogP) is 3.27. The monoisotopic (exact) mass is 264 g/mol. The van der Waals surface area contributed by atoms with Gasteiger partial charge < -0.3 is 10.1 Å². The van der Waals surface area contributed by atoms with Gasteiger partial charge in [0.15, 0.2) is 0 Å². The molecule has 0 aliphatic rings. The highest BCUT2D eigenvalue weighted by Crippen LogP contribution is 2.15. The number of fused-ring (bicyclic) bond motifs is 1. The summed E-state index contributed by atoms with van der Waals surface area (Å²) in [6.07, 6.45) is 8.10. The molecule has 1 aromatic carbocycles. The lowest BCUT2D eigenvalue weighted by atomic mass is 10.2. The molecule has 4 nitrogen and oxygen atoms in total. The molecule has 98 valence electrons. The first-order chi connectivity index (χ1) is 9.70. The largest absolute Gasteiger partial charge is 0.477 e. The zero-order valence-electron chi connectivity index (χ0n) is 10.6. The van der Waals surface area contributed by atoms with Crippen LogP contribution in [0.25, 0.3) is 17.0 Å². The first-order valence-electron chi connectivity index (χ1n) is 5.97. The van der Waals surface area contributed by atoms with E-state index in [1.807, 2.05) is 36.4 Å². The van der Waals surface area contributed by atoms with Crippen LogP contribution < -0.4 is 0 Å². The van der Waals surface area contributed by atoms with Gasteiger partial charge in [0, 0.05) is 11.2 Å². The molecule has 0 aliphatic carbocycles. The van der Waals surface area contributed by atoms with Gasteiger partial charge in [-0.1, -0.05) is 36.4 Å². The molecule has 4 heteroatoms. The molecule has 0 spiro atoms. The second-order valence-electron chi connectivity index (χ2n) is 4.05. The van der Waals surface area contributed by atoms with Crippen molar-refractivity contribution in [2.45, 2.75) is 0 Å². The molecule has 0 bridgehead atoms. The van der Waals surface area contributed by atoms with E-state index in [0.717, 1.165) is 16.6 Å². The van der Waals surface area contributed by atoms with E-state index in [9.17, 15) is 4.79 Å². The van der Waals surface area contributed by atoms with E-state index in [4.69, 9.17) is 10.4 Å². The average molecular weight is 264 g/mol. The number of para-hydroxylation sites is 1. The van der Waals surface area contributed by atoms with Crippen molar-refractivity contribution in [3.05, 3.63) is 65.9 Å². The molecule has 20 heavy (non-hydrogen) atoms. The van der Waals surface area contributed by atoms with Crippen molar-refractivity contribution in [1.29, 1.82) is 5.26 Å². The number of aromatic amines is 1. The highest BCUT2D eigenvalue weighted by atomic mass is 16.4. The van der Waals surface area contributed by atoms with Crippen LogP contribution in [0.1, 0.15) is 5.69 Å². The van der Waals surface area contributed by atoms with Crippen molar-refractivity contribution in [2.75, 3.05) is 0 Å². The first-order valence-corrected chi connectivity index (χ1v) is 5.97. The van der Waals surface area contributed by atoms with Crippen LogP contribution in [0, 0.1) is 11.3 Å². The number of hydrogen-bond acceptors (Lipinski definition) is 2. The summed E-state index contributed by atoms with van der Waals surface area (Å²) in [5.41, 5.74) is 1.73. The second-order valence-corrected chi connectivity index (χ2v) is 4.05. The molecule has 2 rings (SSSR count). The Morgan fingerprint density at radius 2 is 2.05 bits per heavy atom. The fourth-order valence-electron chi connectivity index (χ4n) is 1.72. The van der Waals surface area contributed by atoms with Crippen LogP contribution >= 0.6 is 0 Å². The Kier molecular flexibility index (Phi) is 4.15. The standard InChI is InChI=1S/C16H12N2O2/c17-11-13(16(19)20)7-2-1-3-8-14-10-12-6-4-5-9-15(12)18-14/h1-10,18H,(H,19,20)/b2-1+,8-3+,13-7+. The predicted molar refractivity (Wildman–Crippen MR) is 77.8 cm³/mol. The van der Waals surface area contributed by atoms with Gasteiger partial charge in [-0.15, -0.1) is 0 Å². The number of carbonyl (C=O) groups is 1. The van der Waals surface area contributed by atoms with E-state index in [1.165, 1.54) is 12.2 Å². The van der Waals surface area contributed by atoms with E-state index < -0.39 is 5.97 Å². The van der Waals surface area contributed by atoms with Crippen molar-refractivity contribution in [1.82, 2.24) is 4.98 Å². The van der Waals surface area contributed by atoms with Crippen molar-refractivity contribution in [3.63, 3.8) is 0 Å². The summed E-state index contributed by atoms with van der Waals surface area (Å²) in [6, 6.07) is 11.6. The third kappa shape index (κ3) is 3.24. The summed E-state index contributed by atoms with van der Waals surface area (Å²) in [5, 5.41) is 18.3. The van der Waals surface area contributed by atoms with Crippen molar-refractivity contribution in [3.8, 4) is 6.07 Å². The lowest BCUT2D eigenvalue weighted by Gasteiger charge is -1.85. The smallest absolute Gasteiger partial charge is 0.346 e. The normalized spacial score (nSPS) is 12.2. The number of carboxylic acids is 1. The van der Waals surface area contributed by atoms with Gasteiger partial charge in [0.2, 0.25) is 0 Å². The van der Waals surface area contributed by atoms with Crippen LogP contribution in [0.3, 0.4) is 0 Å². The fourth-order valence-corrected chi connectivity index (χ4v) is 1.72. The lowest BCUT2D eigenvalue weighted by molar-refractivity contribution is -0.132. The molecule has 0 unspecified atom stereocenters. The Morgan fingerprint density at radius 1 is 1.25 bits per heavy atom. The summed E-state index contributed by atoms with van der Waals surface area (Å²) >= 11 is 0. The third-order valence-corrected chi connectivity index (χ3v) is 2.66. The Bertz CT molecular complexity index is 725. The zero-order chi connectivity index (χ0) is 14.4. The minimum Gasteiger partial charge on any atom is -0.477 e. The summed E-state index contributed by atoms with van der Waals surface area (Å²) < 4.78 is 0. The summed E-state index contributed by atoms with van der Waals surface area (Å²) in [7, 11) is 0. The number of aliphatic carboxylic acids is 1. The minimum atomic E-state index is -1.23. The second kappa shape index (κ2) is 6.21. The van der Waals surface area contributed by atoms with Crippen LogP contribution in [0.2, 0.25) is 0 Å². The van der Waals surface area contributed by atoms with E-state index in [-0.39, 0.29) is 5.57 Å². The quantitative estimate of drug-likeness (QED) is 0.505. The maximum absolute atomic E-state index is 10.6. The number of allylic oxidation sites excluding steroid dienone is 4. The number of hydrogen-bond donors (Lipinski definition) is 2. The van der Waals surface area contributed by atoms with Gasteiger partial charge in [-0.2, -0.15) is 5.26 Å². The van der Waals surface area contributed by atoms with E-state index in [1.54, 1.807) is 18.2 Å². The third-order valence-electron chi connectivity index (χ3n) is 2.66. The topological polar surface area (TPSA) is 76.9 Å². The number of H-pyrrole nitrogens is 1. The molecule has 1 aromatic heterocycles. The Balaban J connectivity index is 2.07. The van der Waals surface area contributed by atoms with Crippen LogP contribution in [0.15, 0.2) is 60.2 Å². The van der Waals surface area contributed by atoms with E-state index in [2.05, 4.69) is 4.98 Å². The number of nitriles is 1. The highest BCUT2D eigenvalue weighted by molar-refractivity contribution is 5.91. The van der Waals surface area contributed by atoms with Gasteiger partial charge in [0.1, 0.15) is 11.6 Å². The minimum absolute atomic E-state index is 0.291. The van der Waals surface area contributed by atoms with Crippen LogP contribution in [0.4, 0.5) is 0 Å². The molecule has 1 heterocycles. The Labute approximate surface area is 116 Å². The molecule has 2 aromatic rings. The molecule has 0 atom stereocenters. The molecule has 0 saturated heterocycles. The Hall–Kier alpha value is -3.06. The van der Waals surface area contributed by atoms with Gasteiger partial charge >= 0.3 is 5.97 Å². The first kappa shape index (κ1) is 13.4. The SMILES string of the molecule is N#C\C(=C/C=C/C=C/c1cc2ccccc2[nH]1)C(=O)O. The van der Waals surface area contributed by atoms with Crippen LogP contribution in [0.5, 0.6) is 0 Å². The number of carboxylic acid groups (broad SMARTS) is 1. The van der Waals surface area contributed by atoms with Gasteiger partial charge in [-0.05, 0) is 29.7 Å². The molecule has 0 amide bonds. The Morgan fingerprint density at radius 3 is 2.75 bits per heavy atom. The van der Waals surface area contributed by atoms with Gasteiger partial charge in [0.25, 0.3) is 0 Å². The number of benzene rings is 1. The van der Waals surface area contributed by atoms with Crippen molar-refractivity contribution < 1.29 is 9.90 Å². The molecular weight excluding hydrogens is 252 g/mol. The van der Waals surface area contributed by atoms with E-state index >= 15 is 0 Å². The van der Waals surface area contributed by atoms with Crippen molar-refractivity contribution >= 4 is 22.9 Å². The lowest BCUT2D eigenvalue weighted by Crippen LogP contribution is -1.96. The number of nitrogens with one attached hydrogen (secondary N) is 1. The van der Waals surface area contributed by atoms with Crippen molar-refractivity contribution in [2.24, 2.45) is 0 Å². The summed E-state index contributed by atoms with van der Waals surface area (Å²) in [4.78, 5) is 13.8. The maximum Gasteiger partial charge on any atom is 0.346 e. The fraction of sp³-hybridized carbons (Fsp3) is 0. The van der Waals surface area contributed by atoms with E-state index in [0.29, 0.717) is 0 Å². The number of rotatable bonds is 4. The van der Waals surface area contributed by atoms with Gasteiger partial charge in [-0.3, -0.25) is 0 Å². The molecule has 0 radical (unpaired) electrons. The number of nitrogens with zero attached hydrogens (tertiary/aromatic N) is 1.